The van der Waals surface area contributed by atoms with Crippen LogP contribution in [0.3, 0.4) is 0 Å². The Balaban J connectivity index is 2.08. The van der Waals surface area contributed by atoms with Crippen LogP contribution in [0.2, 0.25) is 0 Å². The lowest BCUT2D eigenvalue weighted by atomic mass is 9.86. The van der Waals surface area contributed by atoms with Crippen LogP contribution in [0, 0.1) is 0 Å². The number of imide groups is 1. The predicted octanol–water partition coefficient (Wildman–Crippen LogP) is 4.85. The zero-order valence-electron chi connectivity index (χ0n) is 15.7. The molecule has 0 spiro atoms. The molecule has 2 atom stereocenters. The highest BCUT2D eigenvalue weighted by atomic mass is 16.2. The van der Waals surface area contributed by atoms with Crippen LogP contribution < -0.4 is 0 Å². The first kappa shape index (κ1) is 17.9. The highest BCUT2D eigenvalue weighted by Gasteiger charge is 2.41. The number of rotatable bonds is 7. The smallest absolute Gasteiger partial charge is 0.254 e. The molecule has 0 N–H and O–H groups in total. The van der Waals surface area contributed by atoms with Gasteiger partial charge >= 0.3 is 0 Å². The first-order valence-corrected chi connectivity index (χ1v) is 9.82. The maximum absolute atomic E-state index is 12.2. The van der Waals surface area contributed by atoms with Crippen molar-refractivity contribution in [3.63, 3.8) is 0 Å². The molecule has 1 aliphatic heterocycles. The van der Waals surface area contributed by atoms with Crippen molar-refractivity contribution in [3.05, 3.63) is 46.5 Å². The average molecular weight is 339 g/mol. The maximum atomic E-state index is 12.2. The number of carbonyl (C=O) groups is 2. The van der Waals surface area contributed by atoms with Crippen LogP contribution >= 0.6 is 0 Å². The molecule has 3 nitrogen and oxygen atoms in total. The van der Waals surface area contributed by atoms with E-state index in [0.29, 0.717) is 5.92 Å². The summed E-state index contributed by atoms with van der Waals surface area (Å²) in [6, 6.07) is 4.35. The molecule has 1 aromatic carbocycles. The Morgan fingerprint density at radius 2 is 1.64 bits per heavy atom. The topological polar surface area (TPSA) is 37.4 Å². The summed E-state index contributed by atoms with van der Waals surface area (Å²) in [5, 5.41) is 0. The van der Waals surface area contributed by atoms with Crippen LogP contribution in [-0.4, -0.2) is 16.7 Å². The molecule has 2 amide bonds. The molecule has 0 bridgehead atoms. The summed E-state index contributed by atoms with van der Waals surface area (Å²) in [5.74, 6) is 0.144. The molecule has 3 heteroatoms. The second-order valence-corrected chi connectivity index (χ2v) is 7.32. The molecule has 1 heterocycles. The summed E-state index contributed by atoms with van der Waals surface area (Å²) < 4.78 is 0. The van der Waals surface area contributed by atoms with Crippen LogP contribution in [0.4, 0.5) is 0 Å². The monoisotopic (exact) mass is 339 g/mol. The molecule has 134 valence electrons. The Morgan fingerprint density at radius 1 is 0.960 bits per heavy atom. The molecule has 2 aliphatic rings. The standard InChI is InChI=1S/C22H29NO2/c1-4-7-15-10-11-18-19(23-20(24)12-13-21(23)25)14-16(8-5-2)22(18)17(15)9-6-3/h10-13,16,19H,4-9,14H2,1-3H3/t16-,19-/m0/s1. The molecule has 25 heavy (non-hydrogen) atoms. The Kier molecular flexibility index (Phi) is 5.41. The number of nitrogens with zero attached hydrogens (tertiary/aromatic N) is 1. The first-order valence-electron chi connectivity index (χ1n) is 9.82. The molecule has 0 unspecified atom stereocenters. The fourth-order valence-corrected chi connectivity index (χ4v) is 4.64. The van der Waals surface area contributed by atoms with Gasteiger partial charge in [-0.15, -0.1) is 0 Å². The average Bonchev–Trinajstić information content (AvgIpc) is 3.10. The lowest BCUT2D eigenvalue weighted by Gasteiger charge is -2.23. The summed E-state index contributed by atoms with van der Waals surface area (Å²) in [5.41, 5.74) is 5.62. The summed E-state index contributed by atoms with van der Waals surface area (Å²) in [7, 11) is 0. The normalized spacial score (nSPS) is 22.1. The number of carbonyl (C=O) groups excluding carboxylic acids is 2. The molecule has 0 aromatic heterocycles. The fourth-order valence-electron chi connectivity index (χ4n) is 4.64. The van der Waals surface area contributed by atoms with Gasteiger partial charge < -0.3 is 0 Å². The predicted molar refractivity (Wildman–Crippen MR) is 100 cm³/mol. The lowest BCUT2D eigenvalue weighted by molar-refractivity contribution is -0.139. The second kappa shape index (κ2) is 7.55. The highest BCUT2D eigenvalue weighted by Crippen LogP contribution is 2.48. The van der Waals surface area contributed by atoms with Crippen LogP contribution in [0.15, 0.2) is 24.3 Å². The SMILES string of the molecule is CCCc1ccc2c(c1CCC)[C@@H](CCC)C[C@@H]2N1C(=O)C=CC1=O. The van der Waals surface area contributed by atoms with Gasteiger partial charge in [0, 0.05) is 12.2 Å². The van der Waals surface area contributed by atoms with Crippen molar-refractivity contribution in [2.24, 2.45) is 0 Å². The Hall–Kier alpha value is -1.90. The Bertz CT molecular complexity index is 686. The largest absolute Gasteiger partial charge is 0.269 e. The molecular weight excluding hydrogens is 310 g/mol. The van der Waals surface area contributed by atoms with Crippen molar-refractivity contribution in [2.75, 3.05) is 0 Å². The summed E-state index contributed by atoms with van der Waals surface area (Å²) in [6.07, 6.45) is 10.4. The Morgan fingerprint density at radius 3 is 2.24 bits per heavy atom. The van der Waals surface area contributed by atoms with Gasteiger partial charge in [-0.3, -0.25) is 14.5 Å². The van der Waals surface area contributed by atoms with E-state index >= 15 is 0 Å². The van der Waals surface area contributed by atoms with E-state index < -0.39 is 0 Å². The molecule has 1 aliphatic carbocycles. The zero-order chi connectivity index (χ0) is 18.0. The minimum absolute atomic E-state index is 0.0900. The van der Waals surface area contributed by atoms with Gasteiger partial charge in [0.05, 0.1) is 6.04 Å². The number of amides is 2. The minimum Gasteiger partial charge on any atom is -0.269 e. The second-order valence-electron chi connectivity index (χ2n) is 7.32. The zero-order valence-corrected chi connectivity index (χ0v) is 15.7. The molecule has 1 aromatic rings. The number of hydrogen-bond acceptors (Lipinski definition) is 2. The van der Waals surface area contributed by atoms with E-state index in [-0.39, 0.29) is 17.9 Å². The van der Waals surface area contributed by atoms with Crippen LogP contribution in [0.25, 0.3) is 0 Å². The van der Waals surface area contributed by atoms with E-state index in [1.807, 2.05) is 0 Å². The molecule has 3 rings (SSSR count). The van der Waals surface area contributed by atoms with E-state index in [1.54, 1.807) is 0 Å². The molecule has 0 saturated carbocycles. The molecule has 0 radical (unpaired) electrons. The maximum Gasteiger partial charge on any atom is 0.254 e. The van der Waals surface area contributed by atoms with Crippen LogP contribution in [0.5, 0.6) is 0 Å². The summed E-state index contributed by atoms with van der Waals surface area (Å²) in [6.45, 7) is 6.67. The van der Waals surface area contributed by atoms with Crippen LogP contribution in [-0.2, 0) is 22.4 Å². The molecule has 0 fully saturated rings. The van der Waals surface area contributed by atoms with E-state index in [1.165, 1.54) is 39.3 Å². The van der Waals surface area contributed by atoms with E-state index in [2.05, 4.69) is 32.9 Å². The van der Waals surface area contributed by atoms with E-state index in [4.69, 9.17) is 0 Å². The highest BCUT2D eigenvalue weighted by molar-refractivity contribution is 6.13. The third kappa shape index (κ3) is 3.17. The van der Waals surface area contributed by atoms with Crippen molar-refractivity contribution in [2.45, 2.75) is 77.7 Å². The Labute approximate surface area is 151 Å². The van der Waals surface area contributed by atoms with Crippen LogP contribution in [0.1, 0.15) is 87.1 Å². The number of benzene rings is 1. The van der Waals surface area contributed by atoms with Crippen molar-refractivity contribution >= 4 is 11.8 Å². The van der Waals surface area contributed by atoms with Crippen molar-refractivity contribution in [1.29, 1.82) is 0 Å². The van der Waals surface area contributed by atoms with Crippen molar-refractivity contribution < 1.29 is 9.59 Å². The van der Waals surface area contributed by atoms with Gasteiger partial charge in [-0.2, -0.15) is 0 Å². The quantitative estimate of drug-likeness (QED) is 0.666. The lowest BCUT2D eigenvalue weighted by Crippen LogP contribution is -2.33. The number of fused-ring (bicyclic) bond motifs is 1. The van der Waals surface area contributed by atoms with Gasteiger partial charge in [0.25, 0.3) is 11.8 Å². The van der Waals surface area contributed by atoms with E-state index in [0.717, 1.165) is 44.9 Å². The number of aryl methyl sites for hydroxylation is 1. The van der Waals surface area contributed by atoms with Gasteiger partial charge in [-0.05, 0) is 53.9 Å². The molecule has 0 saturated heterocycles. The van der Waals surface area contributed by atoms with E-state index in [9.17, 15) is 9.59 Å². The van der Waals surface area contributed by atoms with Crippen molar-refractivity contribution in [1.82, 2.24) is 4.90 Å². The third-order valence-electron chi connectivity index (χ3n) is 5.57. The van der Waals surface area contributed by atoms with Gasteiger partial charge in [-0.25, -0.2) is 0 Å². The van der Waals surface area contributed by atoms with Gasteiger partial charge in [0.1, 0.15) is 0 Å². The van der Waals surface area contributed by atoms with Gasteiger partial charge in [0.15, 0.2) is 0 Å². The molecular formula is C22H29NO2. The third-order valence-corrected chi connectivity index (χ3v) is 5.57. The fraction of sp³-hybridized carbons (Fsp3) is 0.545. The van der Waals surface area contributed by atoms with Gasteiger partial charge in [0.2, 0.25) is 0 Å². The first-order chi connectivity index (χ1) is 12.1. The summed E-state index contributed by atoms with van der Waals surface area (Å²) >= 11 is 0. The number of hydrogen-bond donors (Lipinski definition) is 0. The minimum atomic E-state index is -0.159. The summed E-state index contributed by atoms with van der Waals surface area (Å²) in [4.78, 5) is 26.0. The van der Waals surface area contributed by atoms with Gasteiger partial charge in [-0.1, -0.05) is 52.2 Å². The van der Waals surface area contributed by atoms with Crippen molar-refractivity contribution in [3.8, 4) is 0 Å².